The number of carbonyl (C=O) groups excluding carboxylic acids is 1. The van der Waals surface area contributed by atoms with E-state index in [0.29, 0.717) is 5.69 Å². The predicted molar refractivity (Wildman–Crippen MR) is 152 cm³/mol. The van der Waals surface area contributed by atoms with E-state index in [1.165, 1.54) is 31.0 Å². The number of nitrogens with one attached hydrogen (secondary N) is 2. The second-order valence-electron chi connectivity index (χ2n) is 10.3. The number of hydrogen-bond acceptors (Lipinski definition) is 9. The molecule has 11 heteroatoms. The van der Waals surface area contributed by atoms with Crippen molar-refractivity contribution in [2.45, 2.75) is 29.8 Å². The molecule has 1 aromatic carbocycles. The molecule has 1 aliphatic heterocycles. The highest BCUT2D eigenvalue weighted by molar-refractivity contribution is 7.91. The molecule has 0 unspecified atom stereocenters. The van der Waals surface area contributed by atoms with Gasteiger partial charge in [0, 0.05) is 42.3 Å². The van der Waals surface area contributed by atoms with Crippen molar-refractivity contribution >= 4 is 32.5 Å². The first kappa shape index (κ1) is 26.3. The first-order valence-electron chi connectivity index (χ1n) is 13.3. The third-order valence-electron chi connectivity index (χ3n) is 7.43. The van der Waals surface area contributed by atoms with Crippen LogP contribution in [0.25, 0.3) is 22.3 Å². The van der Waals surface area contributed by atoms with Gasteiger partial charge in [-0.15, -0.1) is 0 Å². The predicted octanol–water partition coefficient (Wildman–Crippen LogP) is 2.33. The molecule has 2 fully saturated rings. The van der Waals surface area contributed by atoms with Gasteiger partial charge in [-0.2, -0.15) is 0 Å². The SMILES string of the molecule is O=C(NCc1cc2nc(-c3cccc(N4CCNC5(CC5)C4)n3)ccc2cn1)c1cccc(S(=O)(=O)CCO)c1. The highest BCUT2D eigenvalue weighted by atomic mass is 32.2. The van der Waals surface area contributed by atoms with Crippen molar-refractivity contribution in [3.05, 3.63) is 78.1 Å². The molecule has 3 N–H and O–H groups in total. The monoisotopic (exact) mass is 558 g/mol. The zero-order valence-electron chi connectivity index (χ0n) is 21.9. The zero-order chi connectivity index (χ0) is 27.7. The summed E-state index contributed by atoms with van der Waals surface area (Å²) in [5.74, 6) is 0.134. The molecule has 10 nitrogen and oxygen atoms in total. The molecule has 0 atom stereocenters. The van der Waals surface area contributed by atoms with Gasteiger partial charge in [0.25, 0.3) is 5.91 Å². The van der Waals surface area contributed by atoms with E-state index < -0.39 is 28.1 Å². The van der Waals surface area contributed by atoms with E-state index in [0.717, 1.165) is 47.7 Å². The lowest BCUT2D eigenvalue weighted by Crippen LogP contribution is -2.52. The molecule has 6 rings (SSSR count). The number of nitrogens with zero attached hydrogens (tertiary/aromatic N) is 4. The molecule has 40 heavy (non-hydrogen) atoms. The lowest BCUT2D eigenvalue weighted by atomic mass is 10.1. The maximum absolute atomic E-state index is 12.7. The first-order chi connectivity index (χ1) is 19.3. The molecular formula is C29H30N6O4S. The highest BCUT2D eigenvalue weighted by Gasteiger charge is 2.45. The minimum absolute atomic E-state index is 0.00330. The summed E-state index contributed by atoms with van der Waals surface area (Å²) >= 11 is 0. The van der Waals surface area contributed by atoms with E-state index in [4.69, 9.17) is 15.1 Å². The summed E-state index contributed by atoms with van der Waals surface area (Å²) in [7, 11) is -3.66. The summed E-state index contributed by atoms with van der Waals surface area (Å²) in [5, 5.41) is 16.3. The van der Waals surface area contributed by atoms with Crippen molar-refractivity contribution in [2.24, 2.45) is 0 Å². The van der Waals surface area contributed by atoms with Crippen LogP contribution in [-0.4, -0.2) is 71.9 Å². The van der Waals surface area contributed by atoms with Crippen LogP contribution in [0.3, 0.4) is 0 Å². The lowest BCUT2D eigenvalue weighted by molar-refractivity contribution is 0.0950. The standard InChI is InChI=1S/C29H30N6O4S/c36-13-14-40(38,39)23-4-1-3-20(15-23)28(37)31-18-22-16-26-21(17-30-22)7-8-25(33-26)24-5-2-6-27(34-24)35-12-11-32-29(19-35)9-10-29/h1-8,15-17,32,36H,9-14,18-19H2,(H,31,37). The van der Waals surface area contributed by atoms with Crippen LogP contribution < -0.4 is 15.5 Å². The van der Waals surface area contributed by atoms with Gasteiger partial charge in [-0.25, -0.2) is 18.4 Å². The van der Waals surface area contributed by atoms with Crippen LogP contribution in [0.15, 0.2) is 71.8 Å². The summed E-state index contributed by atoms with van der Waals surface area (Å²) in [6.45, 7) is 2.51. The first-order valence-corrected chi connectivity index (χ1v) is 14.9. The molecule has 1 aliphatic carbocycles. The van der Waals surface area contributed by atoms with E-state index in [-0.39, 0.29) is 22.5 Å². The van der Waals surface area contributed by atoms with Crippen molar-refractivity contribution in [3.8, 4) is 11.4 Å². The van der Waals surface area contributed by atoms with Gasteiger partial charge in [0.15, 0.2) is 9.84 Å². The van der Waals surface area contributed by atoms with Gasteiger partial charge in [-0.1, -0.05) is 12.1 Å². The van der Waals surface area contributed by atoms with Gasteiger partial charge in [0.1, 0.15) is 5.82 Å². The maximum Gasteiger partial charge on any atom is 0.251 e. The van der Waals surface area contributed by atoms with E-state index in [1.807, 2.05) is 36.4 Å². The number of anilines is 1. The largest absolute Gasteiger partial charge is 0.395 e. The van der Waals surface area contributed by atoms with Crippen LogP contribution in [0.4, 0.5) is 5.82 Å². The Labute approximate surface area is 232 Å². The molecule has 4 aromatic rings. The lowest BCUT2D eigenvalue weighted by Gasteiger charge is -2.35. The number of piperazine rings is 1. The van der Waals surface area contributed by atoms with Crippen LogP contribution in [-0.2, 0) is 16.4 Å². The number of amides is 1. The number of sulfone groups is 1. The fraction of sp³-hybridized carbons (Fsp3) is 0.310. The van der Waals surface area contributed by atoms with Crippen molar-refractivity contribution < 1.29 is 18.3 Å². The molecule has 3 aromatic heterocycles. The molecule has 206 valence electrons. The third-order valence-corrected chi connectivity index (χ3v) is 9.12. The number of carbonyl (C=O) groups is 1. The molecule has 0 radical (unpaired) electrons. The minimum Gasteiger partial charge on any atom is -0.395 e. The van der Waals surface area contributed by atoms with Crippen LogP contribution >= 0.6 is 0 Å². The molecule has 1 saturated carbocycles. The van der Waals surface area contributed by atoms with Crippen LogP contribution in [0.2, 0.25) is 0 Å². The Kier molecular flexibility index (Phi) is 6.95. The third kappa shape index (κ3) is 5.53. The fourth-order valence-corrected chi connectivity index (χ4v) is 6.09. The summed E-state index contributed by atoms with van der Waals surface area (Å²) in [6, 6.07) is 17.5. The zero-order valence-corrected chi connectivity index (χ0v) is 22.7. The summed E-state index contributed by atoms with van der Waals surface area (Å²) < 4.78 is 24.5. The van der Waals surface area contributed by atoms with Gasteiger partial charge < -0.3 is 20.6 Å². The Morgan fingerprint density at radius 2 is 1.88 bits per heavy atom. The second kappa shape index (κ2) is 10.6. The van der Waals surface area contributed by atoms with E-state index in [1.54, 1.807) is 12.3 Å². The van der Waals surface area contributed by atoms with E-state index in [2.05, 4.69) is 20.5 Å². The van der Waals surface area contributed by atoms with E-state index in [9.17, 15) is 13.2 Å². The number of hydrogen-bond donors (Lipinski definition) is 3. The Morgan fingerprint density at radius 1 is 1.05 bits per heavy atom. The van der Waals surface area contributed by atoms with Crippen LogP contribution in [0.5, 0.6) is 0 Å². The number of benzene rings is 1. The summed E-state index contributed by atoms with van der Waals surface area (Å²) in [6.07, 6.45) is 4.14. The van der Waals surface area contributed by atoms with Gasteiger partial charge in [0.2, 0.25) is 0 Å². The molecule has 2 aliphatic rings. The van der Waals surface area contributed by atoms with Gasteiger partial charge in [0.05, 0.1) is 46.4 Å². The fourth-order valence-electron chi connectivity index (χ4n) is 5.02. The smallest absolute Gasteiger partial charge is 0.251 e. The van der Waals surface area contributed by atoms with Gasteiger partial charge >= 0.3 is 0 Å². The summed E-state index contributed by atoms with van der Waals surface area (Å²) in [4.78, 5) is 29.3. The Bertz CT molecular complexity index is 1690. The topological polar surface area (TPSA) is 137 Å². The van der Waals surface area contributed by atoms with Crippen molar-refractivity contribution in [2.75, 3.05) is 36.9 Å². The van der Waals surface area contributed by atoms with Gasteiger partial charge in [-0.3, -0.25) is 9.78 Å². The number of rotatable bonds is 8. The van der Waals surface area contributed by atoms with Gasteiger partial charge in [-0.05, 0) is 61.4 Å². The average molecular weight is 559 g/mol. The van der Waals surface area contributed by atoms with Crippen LogP contribution in [0.1, 0.15) is 28.9 Å². The number of aliphatic hydroxyl groups is 1. The van der Waals surface area contributed by atoms with Crippen molar-refractivity contribution in [1.29, 1.82) is 0 Å². The second-order valence-corrected chi connectivity index (χ2v) is 12.4. The van der Waals surface area contributed by atoms with Crippen molar-refractivity contribution in [1.82, 2.24) is 25.6 Å². The quantitative estimate of drug-likeness (QED) is 0.298. The molecule has 0 bridgehead atoms. The molecule has 4 heterocycles. The molecule has 1 spiro atoms. The Hall–Kier alpha value is -3.93. The summed E-state index contributed by atoms with van der Waals surface area (Å²) in [5.41, 5.74) is 3.38. The number of aliphatic hydroxyl groups excluding tert-OH is 1. The Balaban J connectivity index is 1.18. The minimum atomic E-state index is -3.66. The normalized spacial score (nSPS) is 16.3. The van der Waals surface area contributed by atoms with Crippen molar-refractivity contribution in [3.63, 3.8) is 0 Å². The number of fused-ring (bicyclic) bond motifs is 1. The molecule has 1 saturated heterocycles. The maximum atomic E-state index is 12.7. The highest BCUT2D eigenvalue weighted by Crippen LogP contribution is 2.38. The molecular weight excluding hydrogens is 528 g/mol. The average Bonchev–Trinajstić information content (AvgIpc) is 3.73. The van der Waals surface area contributed by atoms with Crippen LogP contribution in [0, 0.1) is 0 Å². The Morgan fingerprint density at radius 3 is 2.70 bits per heavy atom. The number of aromatic nitrogens is 3. The van der Waals surface area contributed by atoms with E-state index >= 15 is 0 Å². The number of pyridine rings is 3. The molecule has 1 amide bonds.